The summed E-state index contributed by atoms with van der Waals surface area (Å²) >= 11 is 0. The molecule has 7 nitrogen and oxygen atoms in total. The van der Waals surface area contributed by atoms with Crippen molar-refractivity contribution in [3.8, 4) is 5.75 Å². The van der Waals surface area contributed by atoms with Gasteiger partial charge in [-0.3, -0.25) is 9.59 Å². The van der Waals surface area contributed by atoms with Crippen molar-refractivity contribution in [1.29, 1.82) is 0 Å². The number of pyridine rings is 1. The first-order chi connectivity index (χ1) is 16.6. The van der Waals surface area contributed by atoms with Crippen LogP contribution >= 0.6 is 12.4 Å². The van der Waals surface area contributed by atoms with Gasteiger partial charge in [-0.1, -0.05) is 6.07 Å². The number of halogens is 1. The summed E-state index contributed by atoms with van der Waals surface area (Å²) in [6.07, 6.45) is 9.09. The van der Waals surface area contributed by atoms with Gasteiger partial charge in [-0.15, -0.1) is 12.4 Å². The fourth-order valence-electron chi connectivity index (χ4n) is 5.92. The second-order valence-corrected chi connectivity index (χ2v) is 10.3. The first-order valence-corrected chi connectivity index (χ1v) is 12.7. The Balaban J connectivity index is 0.00000253. The highest BCUT2D eigenvalue weighted by Crippen LogP contribution is 2.39. The molecule has 186 valence electrons. The lowest BCUT2D eigenvalue weighted by Gasteiger charge is -2.40. The van der Waals surface area contributed by atoms with Gasteiger partial charge in [0.2, 0.25) is 0 Å². The molecule has 4 heterocycles. The van der Waals surface area contributed by atoms with Crippen molar-refractivity contribution in [2.75, 3.05) is 18.1 Å². The quantitative estimate of drug-likeness (QED) is 0.635. The highest BCUT2D eigenvalue weighted by Gasteiger charge is 2.42. The summed E-state index contributed by atoms with van der Waals surface area (Å²) in [4.78, 5) is 32.5. The second kappa shape index (κ2) is 9.69. The van der Waals surface area contributed by atoms with Gasteiger partial charge in [0, 0.05) is 48.4 Å². The van der Waals surface area contributed by atoms with E-state index in [1.807, 2.05) is 31.2 Å². The molecule has 4 aliphatic rings. The summed E-state index contributed by atoms with van der Waals surface area (Å²) in [5.41, 5.74) is 3.47. The van der Waals surface area contributed by atoms with Gasteiger partial charge in [-0.2, -0.15) is 0 Å². The molecule has 3 atom stereocenters. The number of amides is 2. The maximum Gasteiger partial charge on any atom is 0.252 e. The number of nitrogens with zero attached hydrogens (tertiary/aromatic N) is 2. The molecule has 2 aromatic rings. The van der Waals surface area contributed by atoms with Crippen LogP contribution in [-0.4, -0.2) is 48.1 Å². The summed E-state index contributed by atoms with van der Waals surface area (Å²) in [6.45, 7) is 3.44. The number of anilines is 1. The number of carbonyl (C=O) groups excluding carboxylic acids is 2. The zero-order chi connectivity index (χ0) is 23.2. The average molecular weight is 497 g/mol. The van der Waals surface area contributed by atoms with Crippen molar-refractivity contribution in [2.45, 2.75) is 70.0 Å². The first kappa shape index (κ1) is 23.9. The molecule has 1 aromatic heterocycles. The molecule has 1 unspecified atom stereocenters. The van der Waals surface area contributed by atoms with E-state index in [4.69, 9.17) is 4.74 Å². The van der Waals surface area contributed by atoms with E-state index in [-0.39, 0.29) is 30.3 Å². The predicted molar refractivity (Wildman–Crippen MR) is 137 cm³/mol. The summed E-state index contributed by atoms with van der Waals surface area (Å²) in [5.74, 6) is 2.44. The minimum Gasteiger partial charge on any atom is -0.493 e. The zero-order valence-electron chi connectivity index (χ0n) is 20.1. The Morgan fingerprint density at radius 2 is 1.83 bits per heavy atom. The molecule has 1 saturated carbocycles. The molecular formula is C27H33ClN4O3. The average Bonchev–Trinajstić information content (AvgIpc) is 3.47. The molecule has 1 aliphatic carbocycles. The van der Waals surface area contributed by atoms with Crippen molar-refractivity contribution in [3.05, 3.63) is 52.7 Å². The Labute approximate surface area is 212 Å². The number of piperidine rings is 1. The lowest BCUT2D eigenvalue weighted by Crippen LogP contribution is -2.50. The van der Waals surface area contributed by atoms with E-state index < -0.39 is 0 Å². The normalized spacial score (nSPS) is 24.3. The molecule has 8 heteroatoms. The number of ether oxygens (including phenoxy) is 1. The minimum atomic E-state index is -0.0393. The van der Waals surface area contributed by atoms with Crippen LogP contribution in [0.15, 0.2) is 30.5 Å². The molecule has 2 saturated heterocycles. The lowest BCUT2D eigenvalue weighted by atomic mass is 9.96. The molecule has 0 spiro atoms. The standard InChI is InChI=1S/C27H32N4O3.ClH/c1-16-23(8-4-18-10-11-34-25(16)18)27(33)30-20-12-21-6-7-22(13-20)31(21)24-9-5-19(15-28-24)26(32)29-14-17-2-3-17;/h4-5,8-9,15,17,20-22H,2-3,6-7,10-14H2,1H3,(H,29,32)(H,30,33);1H/t20?,21-,22+;. The molecule has 2 bridgehead atoms. The fourth-order valence-corrected chi connectivity index (χ4v) is 5.92. The van der Waals surface area contributed by atoms with E-state index in [1.165, 1.54) is 18.4 Å². The number of rotatable bonds is 6. The SMILES string of the molecule is Cc1c(C(=O)NC2C[C@H]3CC[C@@H](C2)N3c2ccc(C(=O)NCC3CC3)cn2)ccc2c1OCC2.Cl. The molecule has 3 fully saturated rings. The Morgan fingerprint density at radius 1 is 1.06 bits per heavy atom. The van der Waals surface area contributed by atoms with Gasteiger partial charge in [-0.05, 0) is 75.1 Å². The fraction of sp³-hybridized carbons (Fsp3) is 0.519. The van der Waals surface area contributed by atoms with Crippen molar-refractivity contribution < 1.29 is 14.3 Å². The van der Waals surface area contributed by atoms with Crippen LogP contribution in [0.2, 0.25) is 0 Å². The van der Waals surface area contributed by atoms with E-state index in [1.54, 1.807) is 6.20 Å². The second-order valence-electron chi connectivity index (χ2n) is 10.3. The molecule has 35 heavy (non-hydrogen) atoms. The van der Waals surface area contributed by atoms with Gasteiger partial charge in [-0.25, -0.2) is 4.98 Å². The molecular weight excluding hydrogens is 464 g/mol. The number of benzene rings is 1. The number of nitrogens with one attached hydrogen (secondary N) is 2. The van der Waals surface area contributed by atoms with Gasteiger partial charge in [0.1, 0.15) is 11.6 Å². The van der Waals surface area contributed by atoms with Crippen LogP contribution in [0.4, 0.5) is 5.82 Å². The summed E-state index contributed by atoms with van der Waals surface area (Å²) in [5, 5.41) is 6.30. The highest BCUT2D eigenvalue weighted by atomic mass is 35.5. The van der Waals surface area contributed by atoms with Crippen molar-refractivity contribution in [1.82, 2.24) is 15.6 Å². The van der Waals surface area contributed by atoms with E-state index in [9.17, 15) is 9.59 Å². The smallest absolute Gasteiger partial charge is 0.252 e. The van der Waals surface area contributed by atoms with Gasteiger partial charge in [0.15, 0.2) is 0 Å². The largest absolute Gasteiger partial charge is 0.493 e. The summed E-state index contributed by atoms with van der Waals surface area (Å²) in [7, 11) is 0. The van der Waals surface area contributed by atoms with Crippen molar-refractivity contribution >= 4 is 30.0 Å². The first-order valence-electron chi connectivity index (χ1n) is 12.7. The molecule has 6 rings (SSSR count). The summed E-state index contributed by atoms with van der Waals surface area (Å²) in [6, 6.07) is 8.70. The Bertz CT molecular complexity index is 1100. The third-order valence-corrected chi connectivity index (χ3v) is 7.94. The number of hydrogen-bond donors (Lipinski definition) is 2. The van der Waals surface area contributed by atoms with Crippen LogP contribution in [0.25, 0.3) is 0 Å². The Hall–Kier alpha value is -2.80. The van der Waals surface area contributed by atoms with E-state index in [0.717, 1.165) is 55.8 Å². The van der Waals surface area contributed by atoms with E-state index in [2.05, 4.69) is 20.5 Å². The van der Waals surface area contributed by atoms with Crippen molar-refractivity contribution in [3.63, 3.8) is 0 Å². The van der Waals surface area contributed by atoms with Gasteiger partial charge >= 0.3 is 0 Å². The van der Waals surface area contributed by atoms with E-state index in [0.29, 0.717) is 35.7 Å². The number of aromatic nitrogens is 1. The molecule has 2 amide bonds. The third-order valence-electron chi connectivity index (χ3n) is 7.94. The van der Waals surface area contributed by atoms with Crippen LogP contribution in [0.3, 0.4) is 0 Å². The van der Waals surface area contributed by atoms with Gasteiger partial charge in [0.25, 0.3) is 11.8 Å². The van der Waals surface area contributed by atoms with Crippen molar-refractivity contribution in [2.24, 2.45) is 5.92 Å². The Kier molecular flexibility index (Phi) is 6.62. The predicted octanol–water partition coefficient (Wildman–Crippen LogP) is 3.82. The van der Waals surface area contributed by atoms with Crippen LogP contribution in [0.5, 0.6) is 5.75 Å². The third kappa shape index (κ3) is 4.70. The monoisotopic (exact) mass is 496 g/mol. The number of carbonyl (C=O) groups is 2. The van der Waals surface area contributed by atoms with Gasteiger partial charge in [0.05, 0.1) is 12.2 Å². The minimum absolute atomic E-state index is 0. The lowest BCUT2D eigenvalue weighted by molar-refractivity contribution is 0.0923. The van der Waals surface area contributed by atoms with Gasteiger partial charge < -0.3 is 20.3 Å². The van der Waals surface area contributed by atoms with Crippen LogP contribution < -0.4 is 20.3 Å². The van der Waals surface area contributed by atoms with Crippen LogP contribution in [0.1, 0.15) is 70.4 Å². The maximum absolute atomic E-state index is 13.1. The number of hydrogen-bond acceptors (Lipinski definition) is 5. The Morgan fingerprint density at radius 3 is 2.51 bits per heavy atom. The van der Waals surface area contributed by atoms with Crippen LogP contribution in [0, 0.1) is 12.8 Å². The highest BCUT2D eigenvalue weighted by molar-refractivity contribution is 5.97. The summed E-state index contributed by atoms with van der Waals surface area (Å²) < 4.78 is 5.75. The zero-order valence-corrected chi connectivity index (χ0v) is 20.9. The molecule has 0 radical (unpaired) electrons. The number of fused-ring (bicyclic) bond motifs is 3. The maximum atomic E-state index is 13.1. The van der Waals surface area contributed by atoms with Crippen LogP contribution in [-0.2, 0) is 6.42 Å². The van der Waals surface area contributed by atoms with E-state index >= 15 is 0 Å². The molecule has 3 aliphatic heterocycles. The topological polar surface area (TPSA) is 83.6 Å². The molecule has 1 aromatic carbocycles. The molecule has 2 N–H and O–H groups in total.